The Hall–Kier alpha value is -2.25. The van der Waals surface area contributed by atoms with E-state index in [0.717, 1.165) is 18.8 Å². The summed E-state index contributed by atoms with van der Waals surface area (Å²) in [5.41, 5.74) is 2.29. The van der Waals surface area contributed by atoms with E-state index in [1.807, 2.05) is 12.1 Å². The summed E-state index contributed by atoms with van der Waals surface area (Å²) in [6.07, 6.45) is 2.34. The van der Waals surface area contributed by atoms with Gasteiger partial charge in [0.05, 0.1) is 20.8 Å². The molecule has 9 heteroatoms. The number of furan rings is 1. The highest BCUT2D eigenvalue weighted by molar-refractivity contribution is 7.80. The van der Waals surface area contributed by atoms with Gasteiger partial charge in [-0.3, -0.25) is 10.1 Å². The molecular weight excluding hydrogens is 477 g/mol. The zero-order chi connectivity index (χ0) is 22.0. The third-order valence-electron chi connectivity index (χ3n) is 4.93. The maximum Gasteiger partial charge on any atom is 0.293 e. The van der Waals surface area contributed by atoms with Crippen molar-refractivity contribution in [3.8, 4) is 11.3 Å². The lowest BCUT2D eigenvalue weighted by molar-refractivity contribution is 0.0951. The first kappa shape index (κ1) is 22.0. The standard InChI is InChI=1S/C22H18Cl3N3O2S/c23-15-5-3-4-14(20(15)25)18-8-9-19(30-18)21(29)27-22(31)26-13-6-7-17(16(24)12-13)28-10-1-2-11-28/h3-9,12H,1-2,10-11H2,(H2,26,27,29,31). The smallest absolute Gasteiger partial charge is 0.293 e. The molecule has 1 aliphatic rings. The van der Waals surface area contributed by atoms with E-state index in [2.05, 4.69) is 15.5 Å². The molecule has 2 heterocycles. The second-order valence-corrected chi connectivity index (χ2v) is 8.63. The van der Waals surface area contributed by atoms with E-state index < -0.39 is 5.91 Å². The van der Waals surface area contributed by atoms with Crippen molar-refractivity contribution in [2.45, 2.75) is 12.8 Å². The van der Waals surface area contributed by atoms with E-state index in [9.17, 15) is 4.79 Å². The quantitative estimate of drug-likeness (QED) is 0.398. The number of thiocarbonyl (C=S) groups is 1. The second kappa shape index (κ2) is 9.49. The fourth-order valence-electron chi connectivity index (χ4n) is 3.42. The summed E-state index contributed by atoms with van der Waals surface area (Å²) in [7, 11) is 0. The lowest BCUT2D eigenvalue weighted by Gasteiger charge is -2.20. The fourth-order valence-corrected chi connectivity index (χ4v) is 4.33. The highest BCUT2D eigenvalue weighted by Crippen LogP contribution is 2.34. The van der Waals surface area contributed by atoms with Crippen LogP contribution in [0.5, 0.6) is 0 Å². The Morgan fingerprint density at radius 3 is 2.52 bits per heavy atom. The molecular formula is C22H18Cl3N3O2S. The highest BCUT2D eigenvalue weighted by Gasteiger charge is 2.18. The van der Waals surface area contributed by atoms with Gasteiger partial charge >= 0.3 is 0 Å². The molecule has 1 aliphatic heterocycles. The molecule has 0 radical (unpaired) electrons. The number of hydrogen-bond donors (Lipinski definition) is 2. The van der Waals surface area contributed by atoms with Crippen LogP contribution in [0.3, 0.4) is 0 Å². The van der Waals surface area contributed by atoms with Gasteiger partial charge in [0.1, 0.15) is 5.76 Å². The summed E-state index contributed by atoms with van der Waals surface area (Å²) in [6.45, 7) is 2.01. The van der Waals surface area contributed by atoms with Crippen LogP contribution < -0.4 is 15.5 Å². The number of hydrogen-bond acceptors (Lipinski definition) is 4. The van der Waals surface area contributed by atoms with Gasteiger partial charge in [0.25, 0.3) is 5.91 Å². The first-order valence-electron chi connectivity index (χ1n) is 9.63. The van der Waals surface area contributed by atoms with Gasteiger partial charge in [0.15, 0.2) is 10.9 Å². The van der Waals surface area contributed by atoms with E-state index >= 15 is 0 Å². The van der Waals surface area contributed by atoms with Gasteiger partial charge in [0.2, 0.25) is 0 Å². The maximum absolute atomic E-state index is 12.5. The number of carbonyl (C=O) groups is 1. The van der Waals surface area contributed by atoms with Crippen LogP contribution in [0.25, 0.3) is 11.3 Å². The molecule has 1 fully saturated rings. The van der Waals surface area contributed by atoms with E-state index in [-0.39, 0.29) is 10.9 Å². The average Bonchev–Trinajstić information content (AvgIpc) is 3.42. The van der Waals surface area contributed by atoms with Crippen LogP contribution in [0.15, 0.2) is 52.9 Å². The molecule has 0 bridgehead atoms. The lowest BCUT2D eigenvalue weighted by atomic mass is 10.2. The van der Waals surface area contributed by atoms with Crippen molar-refractivity contribution >= 4 is 69.4 Å². The third kappa shape index (κ3) is 4.99. The number of rotatable bonds is 4. The first-order valence-corrected chi connectivity index (χ1v) is 11.2. The van der Waals surface area contributed by atoms with Crippen LogP contribution >= 0.6 is 47.0 Å². The van der Waals surface area contributed by atoms with Gasteiger partial charge < -0.3 is 14.6 Å². The molecule has 1 amide bonds. The van der Waals surface area contributed by atoms with Crippen LogP contribution in [-0.4, -0.2) is 24.1 Å². The summed E-state index contributed by atoms with van der Waals surface area (Å²) >= 11 is 24.0. The minimum Gasteiger partial charge on any atom is -0.451 e. The van der Waals surface area contributed by atoms with Crippen molar-refractivity contribution in [1.29, 1.82) is 0 Å². The molecule has 0 atom stereocenters. The van der Waals surface area contributed by atoms with Crippen molar-refractivity contribution in [1.82, 2.24) is 5.32 Å². The Morgan fingerprint density at radius 1 is 1.00 bits per heavy atom. The number of halogens is 3. The molecule has 2 N–H and O–H groups in total. The summed E-state index contributed by atoms with van der Waals surface area (Å²) in [4.78, 5) is 14.8. The SMILES string of the molecule is O=C(NC(=S)Nc1ccc(N2CCCC2)c(Cl)c1)c1ccc(-c2cccc(Cl)c2Cl)o1. The Bertz CT molecular complexity index is 1140. The molecule has 0 unspecified atom stereocenters. The van der Waals surface area contributed by atoms with Gasteiger partial charge in [-0.05, 0) is 67.5 Å². The van der Waals surface area contributed by atoms with Crippen LogP contribution in [0.2, 0.25) is 15.1 Å². The molecule has 1 aromatic heterocycles. The number of nitrogens with zero attached hydrogens (tertiary/aromatic N) is 1. The Morgan fingerprint density at radius 2 is 1.77 bits per heavy atom. The third-order valence-corrected chi connectivity index (χ3v) is 6.25. The lowest BCUT2D eigenvalue weighted by Crippen LogP contribution is -2.33. The predicted molar refractivity (Wildman–Crippen MR) is 131 cm³/mol. The van der Waals surface area contributed by atoms with Crippen molar-refractivity contribution in [2.24, 2.45) is 0 Å². The minimum absolute atomic E-state index is 0.0950. The maximum atomic E-state index is 12.5. The minimum atomic E-state index is -0.485. The van der Waals surface area contributed by atoms with Crippen LogP contribution in [0, 0.1) is 0 Å². The molecule has 31 heavy (non-hydrogen) atoms. The van der Waals surface area contributed by atoms with Crippen molar-refractivity contribution in [3.05, 3.63) is 69.4 Å². The summed E-state index contributed by atoms with van der Waals surface area (Å²) in [5.74, 6) is 0.0418. The normalized spacial score (nSPS) is 13.3. The first-order chi connectivity index (χ1) is 14.9. The van der Waals surface area contributed by atoms with Gasteiger partial charge in [0, 0.05) is 24.3 Å². The average molecular weight is 495 g/mol. The van der Waals surface area contributed by atoms with Gasteiger partial charge in [-0.15, -0.1) is 0 Å². The molecule has 5 nitrogen and oxygen atoms in total. The highest BCUT2D eigenvalue weighted by atomic mass is 35.5. The van der Waals surface area contributed by atoms with E-state index in [1.54, 1.807) is 36.4 Å². The molecule has 1 saturated heterocycles. The van der Waals surface area contributed by atoms with Crippen LogP contribution in [0.4, 0.5) is 11.4 Å². The second-order valence-electron chi connectivity index (χ2n) is 7.03. The predicted octanol–water partition coefficient (Wildman–Crippen LogP) is 6.63. The molecule has 2 aromatic carbocycles. The van der Waals surface area contributed by atoms with Gasteiger partial charge in [-0.1, -0.05) is 40.9 Å². The fraction of sp³-hybridized carbons (Fsp3) is 0.182. The molecule has 0 spiro atoms. The Labute approximate surface area is 200 Å². The van der Waals surface area contributed by atoms with Crippen molar-refractivity contribution in [2.75, 3.05) is 23.3 Å². The molecule has 0 saturated carbocycles. The molecule has 4 rings (SSSR count). The summed E-state index contributed by atoms with van der Waals surface area (Å²) in [6, 6.07) is 14.0. The van der Waals surface area contributed by atoms with E-state index in [4.69, 9.17) is 51.4 Å². The molecule has 0 aliphatic carbocycles. The van der Waals surface area contributed by atoms with Crippen LogP contribution in [-0.2, 0) is 0 Å². The zero-order valence-electron chi connectivity index (χ0n) is 16.3. The number of amides is 1. The van der Waals surface area contributed by atoms with E-state index in [1.165, 1.54) is 12.8 Å². The topological polar surface area (TPSA) is 57.5 Å². The molecule has 160 valence electrons. The van der Waals surface area contributed by atoms with Crippen molar-refractivity contribution in [3.63, 3.8) is 0 Å². The number of carbonyl (C=O) groups excluding carboxylic acids is 1. The number of nitrogens with one attached hydrogen (secondary N) is 2. The Kier molecular flexibility index (Phi) is 6.72. The summed E-state index contributed by atoms with van der Waals surface area (Å²) < 4.78 is 5.64. The van der Waals surface area contributed by atoms with Crippen molar-refractivity contribution < 1.29 is 9.21 Å². The molecule has 3 aromatic rings. The Balaban J connectivity index is 1.40. The van der Waals surface area contributed by atoms with E-state index in [0.29, 0.717) is 32.1 Å². The largest absolute Gasteiger partial charge is 0.451 e. The zero-order valence-corrected chi connectivity index (χ0v) is 19.3. The van der Waals surface area contributed by atoms with Gasteiger partial charge in [-0.25, -0.2) is 0 Å². The number of benzene rings is 2. The number of anilines is 2. The van der Waals surface area contributed by atoms with Gasteiger partial charge in [-0.2, -0.15) is 0 Å². The van der Waals surface area contributed by atoms with Crippen LogP contribution in [0.1, 0.15) is 23.4 Å². The summed E-state index contributed by atoms with van der Waals surface area (Å²) in [5, 5.41) is 7.10. The monoisotopic (exact) mass is 493 g/mol.